The second-order valence-electron chi connectivity index (χ2n) is 3.91. The van der Waals surface area contributed by atoms with Crippen molar-refractivity contribution in [2.45, 2.75) is 45.1 Å². The van der Waals surface area contributed by atoms with Gasteiger partial charge in [0.1, 0.15) is 5.60 Å². The van der Waals surface area contributed by atoms with Crippen molar-refractivity contribution in [2.24, 2.45) is 0 Å². The van der Waals surface area contributed by atoms with Crippen LogP contribution in [0.15, 0.2) is 0 Å². The third-order valence-corrected chi connectivity index (χ3v) is 2.55. The van der Waals surface area contributed by atoms with Gasteiger partial charge in [-0.2, -0.15) is 0 Å². The Hall–Kier alpha value is -0.730. The highest BCUT2D eigenvalue weighted by atomic mass is 16.6. The van der Waals surface area contributed by atoms with E-state index in [2.05, 4.69) is 13.8 Å². The molecular weight excluding hydrogens is 166 g/mol. The number of hydrogen-bond acceptors (Lipinski definition) is 2. The Bertz CT molecular complexity index is 185. The largest absolute Gasteiger partial charge is 0.441 e. The van der Waals surface area contributed by atoms with Gasteiger partial charge in [-0.15, -0.1) is 0 Å². The fourth-order valence-corrected chi connectivity index (χ4v) is 2.09. The van der Waals surface area contributed by atoms with E-state index in [1.165, 1.54) is 0 Å². The smallest absolute Gasteiger partial charge is 0.410 e. The monoisotopic (exact) mass is 185 g/mol. The minimum Gasteiger partial charge on any atom is -0.441 e. The summed E-state index contributed by atoms with van der Waals surface area (Å²) in [6, 6.07) is 0. The van der Waals surface area contributed by atoms with Crippen LogP contribution in [-0.2, 0) is 4.74 Å². The molecular formula is C10H19NO2. The molecule has 0 radical (unpaired) electrons. The Morgan fingerprint density at radius 2 is 1.92 bits per heavy atom. The highest BCUT2D eigenvalue weighted by molar-refractivity contribution is 5.70. The zero-order valence-electron chi connectivity index (χ0n) is 8.80. The summed E-state index contributed by atoms with van der Waals surface area (Å²) in [5.74, 6) is 0. The van der Waals surface area contributed by atoms with Crippen molar-refractivity contribution < 1.29 is 9.53 Å². The number of amides is 1. The standard InChI is InChI=1S/C10H19NO2/c1-4-6-10(7-5-2)8-11(3)9(12)13-10/h4-8H2,1-3H3. The normalized spacial score (nSPS) is 20.5. The van der Waals surface area contributed by atoms with Crippen LogP contribution >= 0.6 is 0 Å². The number of likely N-dealkylation sites (N-methyl/N-ethyl adjacent to an activating group) is 1. The lowest BCUT2D eigenvalue weighted by atomic mass is 9.93. The van der Waals surface area contributed by atoms with Crippen LogP contribution in [0.3, 0.4) is 0 Å². The Balaban J connectivity index is 2.64. The van der Waals surface area contributed by atoms with Crippen molar-refractivity contribution in [1.29, 1.82) is 0 Å². The van der Waals surface area contributed by atoms with Gasteiger partial charge >= 0.3 is 6.09 Å². The Kier molecular flexibility index (Phi) is 3.17. The lowest BCUT2D eigenvalue weighted by Gasteiger charge is -2.25. The van der Waals surface area contributed by atoms with Crippen LogP contribution in [-0.4, -0.2) is 30.2 Å². The predicted molar refractivity (Wildman–Crippen MR) is 51.7 cm³/mol. The summed E-state index contributed by atoms with van der Waals surface area (Å²) in [6.45, 7) is 5.01. The molecule has 1 fully saturated rings. The van der Waals surface area contributed by atoms with E-state index >= 15 is 0 Å². The maximum Gasteiger partial charge on any atom is 0.410 e. The first kappa shape index (κ1) is 10.4. The van der Waals surface area contributed by atoms with Gasteiger partial charge in [0.05, 0.1) is 6.54 Å². The molecule has 0 bridgehead atoms. The predicted octanol–water partition coefficient (Wildman–Crippen LogP) is 2.41. The first-order valence-corrected chi connectivity index (χ1v) is 5.07. The lowest BCUT2D eigenvalue weighted by molar-refractivity contribution is 0.0412. The molecule has 0 unspecified atom stereocenters. The van der Waals surface area contributed by atoms with E-state index in [1.54, 1.807) is 11.9 Å². The van der Waals surface area contributed by atoms with Gasteiger partial charge in [0, 0.05) is 7.05 Å². The molecule has 1 rings (SSSR count). The summed E-state index contributed by atoms with van der Waals surface area (Å²) >= 11 is 0. The Labute approximate surface area is 80.1 Å². The average Bonchev–Trinajstić information content (AvgIpc) is 2.29. The number of carbonyl (C=O) groups is 1. The molecule has 1 saturated heterocycles. The van der Waals surface area contributed by atoms with Gasteiger partial charge in [-0.05, 0) is 12.8 Å². The van der Waals surface area contributed by atoms with Crippen molar-refractivity contribution in [3.05, 3.63) is 0 Å². The van der Waals surface area contributed by atoms with E-state index < -0.39 is 0 Å². The molecule has 0 atom stereocenters. The van der Waals surface area contributed by atoms with Crippen LogP contribution in [0.4, 0.5) is 4.79 Å². The van der Waals surface area contributed by atoms with Crippen molar-refractivity contribution in [1.82, 2.24) is 4.90 Å². The van der Waals surface area contributed by atoms with E-state index in [0.29, 0.717) is 0 Å². The van der Waals surface area contributed by atoms with Gasteiger partial charge in [-0.1, -0.05) is 26.7 Å². The van der Waals surface area contributed by atoms with E-state index in [-0.39, 0.29) is 11.7 Å². The zero-order valence-corrected chi connectivity index (χ0v) is 8.80. The molecule has 13 heavy (non-hydrogen) atoms. The van der Waals surface area contributed by atoms with Gasteiger partial charge in [-0.25, -0.2) is 4.79 Å². The number of hydrogen-bond donors (Lipinski definition) is 0. The molecule has 3 nitrogen and oxygen atoms in total. The van der Waals surface area contributed by atoms with Crippen LogP contribution in [0.5, 0.6) is 0 Å². The van der Waals surface area contributed by atoms with Gasteiger partial charge in [0.25, 0.3) is 0 Å². The van der Waals surface area contributed by atoms with Crippen molar-refractivity contribution >= 4 is 6.09 Å². The van der Waals surface area contributed by atoms with E-state index in [0.717, 1.165) is 32.2 Å². The summed E-state index contributed by atoms with van der Waals surface area (Å²) in [4.78, 5) is 12.9. The molecule has 0 aliphatic carbocycles. The molecule has 0 N–H and O–H groups in total. The summed E-state index contributed by atoms with van der Waals surface area (Å²) in [6.07, 6.45) is 3.94. The van der Waals surface area contributed by atoms with Crippen molar-refractivity contribution in [2.75, 3.05) is 13.6 Å². The van der Waals surface area contributed by atoms with Gasteiger partial charge in [0.2, 0.25) is 0 Å². The Morgan fingerprint density at radius 1 is 1.38 bits per heavy atom. The molecule has 1 amide bonds. The first-order valence-electron chi connectivity index (χ1n) is 5.07. The number of carbonyl (C=O) groups excluding carboxylic acids is 1. The van der Waals surface area contributed by atoms with Crippen LogP contribution in [0, 0.1) is 0 Å². The fourth-order valence-electron chi connectivity index (χ4n) is 2.09. The fraction of sp³-hybridized carbons (Fsp3) is 0.900. The van der Waals surface area contributed by atoms with Crippen LogP contribution in [0.1, 0.15) is 39.5 Å². The SMILES string of the molecule is CCCC1(CCC)CN(C)C(=O)O1. The first-order chi connectivity index (χ1) is 6.13. The summed E-state index contributed by atoms with van der Waals surface area (Å²) in [7, 11) is 1.80. The summed E-state index contributed by atoms with van der Waals surface area (Å²) in [5, 5.41) is 0. The third-order valence-electron chi connectivity index (χ3n) is 2.55. The highest BCUT2D eigenvalue weighted by Crippen LogP contribution is 2.30. The second-order valence-corrected chi connectivity index (χ2v) is 3.91. The molecule has 3 heteroatoms. The molecule has 0 aromatic carbocycles. The minimum absolute atomic E-state index is 0.165. The van der Waals surface area contributed by atoms with Crippen LogP contribution < -0.4 is 0 Å². The highest BCUT2D eigenvalue weighted by Gasteiger charge is 2.41. The number of cyclic esters (lactones) is 1. The molecule has 0 aromatic heterocycles. The molecule has 0 spiro atoms. The van der Waals surface area contributed by atoms with E-state index in [1.807, 2.05) is 0 Å². The molecule has 0 saturated carbocycles. The molecule has 1 aliphatic heterocycles. The molecule has 0 aromatic rings. The quantitative estimate of drug-likeness (QED) is 0.673. The molecule has 1 heterocycles. The van der Waals surface area contributed by atoms with Gasteiger partial charge in [-0.3, -0.25) is 0 Å². The van der Waals surface area contributed by atoms with Gasteiger partial charge in [0.15, 0.2) is 0 Å². The number of nitrogens with zero attached hydrogens (tertiary/aromatic N) is 1. The number of ether oxygens (including phenoxy) is 1. The average molecular weight is 185 g/mol. The molecule has 1 aliphatic rings. The lowest BCUT2D eigenvalue weighted by Crippen LogP contribution is -2.33. The topological polar surface area (TPSA) is 29.5 Å². The number of rotatable bonds is 4. The van der Waals surface area contributed by atoms with Crippen LogP contribution in [0.2, 0.25) is 0 Å². The minimum atomic E-state index is -0.185. The maximum absolute atomic E-state index is 11.2. The van der Waals surface area contributed by atoms with E-state index in [4.69, 9.17) is 4.74 Å². The summed E-state index contributed by atoms with van der Waals surface area (Å²) in [5.41, 5.74) is -0.185. The second kappa shape index (κ2) is 3.99. The summed E-state index contributed by atoms with van der Waals surface area (Å²) < 4.78 is 5.43. The zero-order chi connectivity index (χ0) is 9.90. The molecule has 76 valence electrons. The van der Waals surface area contributed by atoms with Crippen molar-refractivity contribution in [3.8, 4) is 0 Å². The van der Waals surface area contributed by atoms with E-state index in [9.17, 15) is 4.79 Å². The van der Waals surface area contributed by atoms with Crippen LogP contribution in [0.25, 0.3) is 0 Å². The van der Waals surface area contributed by atoms with Crippen molar-refractivity contribution in [3.63, 3.8) is 0 Å². The third kappa shape index (κ3) is 2.14. The Morgan fingerprint density at radius 3 is 2.23 bits per heavy atom. The maximum atomic E-state index is 11.2. The van der Waals surface area contributed by atoms with Gasteiger partial charge < -0.3 is 9.64 Å².